The van der Waals surface area contributed by atoms with Gasteiger partial charge in [0.2, 0.25) is 0 Å². The molecule has 4 aliphatic rings. The first-order chi connectivity index (χ1) is 12.9. The Morgan fingerprint density at radius 2 is 1.67 bits per heavy atom. The van der Waals surface area contributed by atoms with Gasteiger partial charge in [0.15, 0.2) is 6.54 Å². The van der Waals surface area contributed by atoms with Gasteiger partial charge in [-0.15, -0.1) is 0 Å². The minimum Gasteiger partial charge on any atom is -0.332 e. The van der Waals surface area contributed by atoms with Gasteiger partial charge in [-0.3, -0.25) is 10.1 Å². The molecule has 0 spiro atoms. The molecule has 0 aliphatic heterocycles. The van der Waals surface area contributed by atoms with E-state index in [0.29, 0.717) is 6.54 Å². The predicted octanol–water partition coefficient (Wildman–Crippen LogP) is 1.80. The van der Waals surface area contributed by atoms with E-state index in [4.69, 9.17) is 0 Å². The van der Waals surface area contributed by atoms with Crippen LogP contribution >= 0.6 is 0 Å². The molecule has 1 aromatic carbocycles. The van der Waals surface area contributed by atoms with Crippen molar-refractivity contribution >= 4 is 11.9 Å². The third-order valence-electron chi connectivity index (χ3n) is 6.89. The normalized spacial score (nSPS) is 32.1. The summed E-state index contributed by atoms with van der Waals surface area (Å²) in [6.07, 6.45) is 7.31. The molecule has 4 fully saturated rings. The lowest BCUT2D eigenvalue weighted by Gasteiger charge is -2.56. The molecular weight excluding hydrogens is 338 g/mol. The van der Waals surface area contributed by atoms with E-state index in [0.717, 1.165) is 48.5 Å². The van der Waals surface area contributed by atoms with Crippen LogP contribution in [0.2, 0.25) is 0 Å². The average Bonchev–Trinajstić information content (AvgIpc) is 2.54. The van der Waals surface area contributed by atoms with Crippen LogP contribution in [-0.2, 0) is 11.3 Å². The van der Waals surface area contributed by atoms with Crippen LogP contribution in [0.3, 0.4) is 0 Å². The van der Waals surface area contributed by atoms with Crippen LogP contribution in [0.4, 0.5) is 4.79 Å². The van der Waals surface area contributed by atoms with Crippen LogP contribution < -0.4 is 15.5 Å². The number of rotatable bonds is 5. The lowest BCUT2D eigenvalue weighted by atomic mass is 9.53. The third kappa shape index (κ3) is 4.18. The molecule has 4 saturated carbocycles. The number of carbonyl (C=O) groups is 2. The number of likely N-dealkylation sites (N-methyl/N-ethyl adjacent to an activating group) is 1. The van der Waals surface area contributed by atoms with Gasteiger partial charge >= 0.3 is 6.03 Å². The van der Waals surface area contributed by atoms with Crippen molar-refractivity contribution < 1.29 is 14.5 Å². The molecule has 27 heavy (non-hydrogen) atoms. The van der Waals surface area contributed by atoms with Gasteiger partial charge < -0.3 is 10.2 Å². The number of carbonyl (C=O) groups excluding carboxylic acids is 2. The highest BCUT2D eigenvalue weighted by atomic mass is 16.2. The molecule has 3 amide bonds. The minimum absolute atomic E-state index is 0.0565. The molecule has 3 N–H and O–H groups in total. The largest absolute Gasteiger partial charge is 0.332 e. The first-order valence-corrected chi connectivity index (χ1v) is 10.4. The van der Waals surface area contributed by atoms with Gasteiger partial charge in [-0.25, -0.2) is 4.79 Å². The van der Waals surface area contributed by atoms with Crippen LogP contribution in [0, 0.1) is 24.7 Å². The fourth-order valence-corrected chi connectivity index (χ4v) is 6.18. The number of amides is 3. The number of hydrogen-bond acceptors (Lipinski definition) is 2. The van der Waals surface area contributed by atoms with Gasteiger partial charge in [-0.2, -0.15) is 0 Å². The van der Waals surface area contributed by atoms with Gasteiger partial charge in [0.25, 0.3) is 5.91 Å². The second-order valence-electron chi connectivity index (χ2n) is 9.44. The van der Waals surface area contributed by atoms with Crippen LogP contribution in [-0.4, -0.2) is 31.1 Å². The molecule has 1 atom stereocenters. The SMILES string of the molecule is Cc1ccccc1C[NH+](C)CC(=O)NC(=O)NC12CC3CC(CC(C3)C1)C2. The Hall–Kier alpha value is -1.88. The maximum absolute atomic E-state index is 12.5. The van der Waals surface area contributed by atoms with Crippen molar-refractivity contribution in [3.63, 3.8) is 0 Å². The van der Waals surface area contributed by atoms with E-state index < -0.39 is 0 Å². The van der Waals surface area contributed by atoms with Crippen LogP contribution in [0.25, 0.3) is 0 Å². The van der Waals surface area contributed by atoms with Gasteiger partial charge in [0.05, 0.1) is 7.05 Å². The molecule has 0 saturated heterocycles. The summed E-state index contributed by atoms with van der Waals surface area (Å²) in [7, 11) is 1.99. The molecule has 1 aromatic rings. The van der Waals surface area contributed by atoms with E-state index in [1.165, 1.54) is 30.4 Å². The molecule has 4 bridgehead atoms. The summed E-state index contributed by atoms with van der Waals surface area (Å²) < 4.78 is 0. The summed E-state index contributed by atoms with van der Waals surface area (Å²) in [4.78, 5) is 25.9. The van der Waals surface area contributed by atoms with Gasteiger partial charge in [-0.1, -0.05) is 24.3 Å². The van der Waals surface area contributed by atoms with E-state index >= 15 is 0 Å². The molecule has 5 heteroatoms. The van der Waals surface area contributed by atoms with Crippen molar-refractivity contribution in [3.8, 4) is 0 Å². The molecule has 146 valence electrons. The van der Waals surface area contributed by atoms with Crippen molar-refractivity contribution in [1.82, 2.24) is 10.6 Å². The summed E-state index contributed by atoms with van der Waals surface area (Å²) in [6.45, 7) is 3.15. The summed E-state index contributed by atoms with van der Waals surface area (Å²) in [6, 6.07) is 7.92. The standard InChI is InChI=1S/C22H31N3O2/c1-15-5-3-4-6-19(15)13-25(2)14-20(26)23-21(27)24-22-10-16-7-17(11-22)9-18(8-16)12-22/h3-6,16-18H,7-14H2,1-2H3,(H2,23,24,26,27)/p+1. The van der Waals surface area contributed by atoms with E-state index in [1.807, 2.05) is 19.2 Å². The summed E-state index contributed by atoms with van der Waals surface area (Å²) in [5.41, 5.74) is 2.41. The Morgan fingerprint density at radius 3 is 2.26 bits per heavy atom. The minimum atomic E-state index is -0.300. The lowest BCUT2D eigenvalue weighted by Crippen LogP contribution is -3.09. The summed E-state index contributed by atoms with van der Waals surface area (Å²) >= 11 is 0. The summed E-state index contributed by atoms with van der Waals surface area (Å²) in [5, 5.41) is 5.78. The fourth-order valence-electron chi connectivity index (χ4n) is 6.18. The van der Waals surface area contributed by atoms with Crippen LogP contribution in [0.5, 0.6) is 0 Å². The second-order valence-corrected chi connectivity index (χ2v) is 9.44. The zero-order valence-corrected chi connectivity index (χ0v) is 16.5. The molecule has 1 unspecified atom stereocenters. The van der Waals surface area contributed by atoms with Crippen molar-refractivity contribution in [2.24, 2.45) is 17.8 Å². The average molecular weight is 371 g/mol. The van der Waals surface area contributed by atoms with Gasteiger partial charge in [0.1, 0.15) is 6.54 Å². The lowest BCUT2D eigenvalue weighted by molar-refractivity contribution is -0.885. The molecule has 5 rings (SSSR count). The highest BCUT2D eigenvalue weighted by Crippen LogP contribution is 2.55. The Morgan fingerprint density at radius 1 is 1.07 bits per heavy atom. The van der Waals surface area contributed by atoms with E-state index in [-0.39, 0.29) is 17.5 Å². The number of quaternary nitrogens is 1. The topological polar surface area (TPSA) is 62.6 Å². The monoisotopic (exact) mass is 370 g/mol. The Bertz CT molecular complexity index is 695. The predicted molar refractivity (Wildman–Crippen MR) is 104 cm³/mol. The maximum Gasteiger partial charge on any atom is 0.322 e. The van der Waals surface area contributed by atoms with Crippen LogP contribution in [0.1, 0.15) is 49.7 Å². The van der Waals surface area contributed by atoms with Crippen molar-refractivity contribution in [2.75, 3.05) is 13.6 Å². The number of hydrogen-bond donors (Lipinski definition) is 3. The number of aryl methyl sites for hydroxylation is 1. The van der Waals surface area contributed by atoms with E-state index in [1.54, 1.807) is 0 Å². The molecule has 0 heterocycles. The highest BCUT2D eigenvalue weighted by molar-refractivity contribution is 5.95. The Kier molecular flexibility index (Phi) is 4.97. The highest BCUT2D eigenvalue weighted by Gasteiger charge is 2.51. The second kappa shape index (κ2) is 7.27. The molecule has 0 aromatic heterocycles. The molecule has 5 nitrogen and oxygen atoms in total. The van der Waals surface area contributed by atoms with Crippen molar-refractivity contribution in [2.45, 2.75) is 57.5 Å². The molecule has 4 aliphatic carbocycles. The van der Waals surface area contributed by atoms with Crippen molar-refractivity contribution in [1.29, 1.82) is 0 Å². The quantitative estimate of drug-likeness (QED) is 0.740. The number of benzene rings is 1. The third-order valence-corrected chi connectivity index (χ3v) is 6.89. The molecule has 0 radical (unpaired) electrons. The number of imide groups is 1. The Balaban J connectivity index is 1.27. The van der Waals surface area contributed by atoms with Crippen LogP contribution in [0.15, 0.2) is 24.3 Å². The fraction of sp³-hybridized carbons (Fsp3) is 0.636. The number of nitrogens with one attached hydrogen (secondary N) is 3. The van der Waals surface area contributed by atoms with Gasteiger partial charge in [0, 0.05) is 11.1 Å². The van der Waals surface area contributed by atoms with Gasteiger partial charge in [-0.05, 0) is 68.8 Å². The van der Waals surface area contributed by atoms with Crippen molar-refractivity contribution in [3.05, 3.63) is 35.4 Å². The smallest absolute Gasteiger partial charge is 0.322 e. The first kappa shape index (κ1) is 18.5. The zero-order valence-electron chi connectivity index (χ0n) is 16.5. The molecular formula is C22H32N3O2+. The number of urea groups is 1. The summed E-state index contributed by atoms with van der Waals surface area (Å²) in [5.74, 6) is 2.12. The Labute approximate surface area is 161 Å². The maximum atomic E-state index is 12.5. The van der Waals surface area contributed by atoms with E-state index in [2.05, 4.69) is 29.7 Å². The zero-order chi connectivity index (χ0) is 19.0. The van der Waals surface area contributed by atoms with E-state index in [9.17, 15) is 9.59 Å². The first-order valence-electron chi connectivity index (χ1n) is 10.4.